The van der Waals surface area contributed by atoms with Crippen molar-refractivity contribution < 1.29 is 9.18 Å². The molecule has 0 spiro atoms. The monoisotopic (exact) mass is 265 g/mol. The minimum atomic E-state index is -0.278. The van der Waals surface area contributed by atoms with Crippen LogP contribution in [0.3, 0.4) is 0 Å². The summed E-state index contributed by atoms with van der Waals surface area (Å²) in [6.45, 7) is 2.98. The lowest BCUT2D eigenvalue weighted by molar-refractivity contribution is -0.122. The number of nitrogens with zero attached hydrogens (tertiary/aromatic N) is 1. The van der Waals surface area contributed by atoms with Crippen molar-refractivity contribution in [1.82, 2.24) is 15.5 Å². The van der Waals surface area contributed by atoms with Gasteiger partial charge in [0.2, 0.25) is 5.91 Å². The van der Waals surface area contributed by atoms with E-state index in [1.54, 1.807) is 18.2 Å². The van der Waals surface area contributed by atoms with E-state index in [4.69, 9.17) is 0 Å². The molecule has 104 valence electrons. The van der Waals surface area contributed by atoms with Crippen LogP contribution in [0.5, 0.6) is 0 Å². The third-order valence-electron chi connectivity index (χ3n) is 3.50. The summed E-state index contributed by atoms with van der Waals surface area (Å²) in [5.41, 5.74) is 0.519. The number of carbonyl (C=O) groups is 1. The molecule has 0 aliphatic carbocycles. The maximum atomic E-state index is 13.4. The van der Waals surface area contributed by atoms with E-state index in [1.807, 2.05) is 7.05 Å². The second-order valence-corrected chi connectivity index (χ2v) is 4.91. The topological polar surface area (TPSA) is 44.4 Å². The second kappa shape index (κ2) is 6.63. The van der Waals surface area contributed by atoms with Gasteiger partial charge in [-0.15, -0.1) is 0 Å². The van der Waals surface area contributed by atoms with Gasteiger partial charge >= 0.3 is 0 Å². The number of likely N-dealkylation sites (N-methyl/N-ethyl adjacent to an activating group) is 1. The molecular weight excluding hydrogens is 245 g/mol. The minimum absolute atomic E-state index is 0.0381. The summed E-state index contributed by atoms with van der Waals surface area (Å²) in [4.78, 5) is 14.0. The van der Waals surface area contributed by atoms with Crippen LogP contribution >= 0.6 is 0 Å². The highest BCUT2D eigenvalue weighted by atomic mass is 19.1. The Labute approximate surface area is 113 Å². The molecule has 1 saturated heterocycles. The molecule has 2 rings (SSSR count). The van der Waals surface area contributed by atoms with E-state index in [0.29, 0.717) is 12.0 Å². The summed E-state index contributed by atoms with van der Waals surface area (Å²) in [6, 6.07) is 6.71. The predicted octanol–water partition coefficient (Wildman–Crippen LogP) is 0.736. The Morgan fingerprint density at radius 2 is 2.32 bits per heavy atom. The summed E-state index contributed by atoms with van der Waals surface area (Å²) < 4.78 is 13.4. The van der Waals surface area contributed by atoms with Crippen LogP contribution in [0.2, 0.25) is 0 Å². The molecular formula is C14H20FN3O. The Morgan fingerprint density at radius 1 is 1.53 bits per heavy atom. The molecule has 0 aromatic heterocycles. The van der Waals surface area contributed by atoms with Crippen LogP contribution in [0.15, 0.2) is 24.3 Å². The van der Waals surface area contributed by atoms with Crippen molar-refractivity contribution in [2.75, 3.05) is 26.7 Å². The second-order valence-electron chi connectivity index (χ2n) is 4.91. The molecule has 1 aromatic carbocycles. The van der Waals surface area contributed by atoms with Gasteiger partial charge in [-0.1, -0.05) is 18.2 Å². The Hall–Kier alpha value is -1.46. The van der Waals surface area contributed by atoms with E-state index < -0.39 is 0 Å². The predicted molar refractivity (Wildman–Crippen MR) is 72.2 cm³/mol. The number of piperazine rings is 1. The summed E-state index contributed by atoms with van der Waals surface area (Å²) >= 11 is 0. The number of nitrogens with one attached hydrogen (secondary N) is 2. The maximum absolute atomic E-state index is 13.4. The van der Waals surface area contributed by atoms with E-state index in [2.05, 4.69) is 15.5 Å². The number of carbonyl (C=O) groups excluding carboxylic acids is 1. The van der Waals surface area contributed by atoms with E-state index in [1.165, 1.54) is 6.07 Å². The van der Waals surface area contributed by atoms with Crippen molar-refractivity contribution in [3.05, 3.63) is 35.6 Å². The Kier molecular flexibility index (Phi) is 4.87. The summed E-state index contributed by atoms with van der Waals surface area (Å²) in [5, 5.41) is 6.05. The fraction of sp³-hybridized carbons (Fsp3) is 0.500. The van der Waals surface area contributed by atoms with Gasteiger partial charge in [-0.05, 0) is 13.1 Å². The highest BCUT2D eigenvalue weighted by Crippen LogP contribution is 2.07. The van der Waals surface area contributed by atoms with Crippen molar-refractivity contribution in [2.45, 2.75) is 19.0 Å². The van der Waals surface area contributed by atoms with Gasteiger partial charge in [0, 0.05) is 44.2 Å². The van der Waals surface area contributed by atoms with Crippen LogP contribution in [-0.4, -0.2) is 43.5 Å². The van der Waals surface area contributed by atoms with Crippen molar-refractivity contribution in [3.63, 3.8) is 0 Å². The molecule has 1 aliphatic heterocycles. The molecule has 1 aliphatic rings. The lowest BCUT2D eigenvalue weighted by Crippen LogP contribution is -2.50. The molecule has 1 aromatic rings. The van der Waals surface area contributed by atoms with Crippen LogP contribution in [-0.2, 0) is 11.3 Å². The molecule has 1 unspecified atom stereocenters. The molecule has 1 atom stereocenters. The first kappa shape index (κ1) is 14.0. The van der Waals surface area contributed by atoms with Gasteiger partial charge in [-0.2, -0.15) is 0 Å². The molecule has 1 heterocycles. The standard InChI is InChI=1S/C14H20FN3O/c1-18-7-6-16-10-12(18)8-14(19)17-9-11-4-2-3-5-13(11)15/h2-5,12,16H,6-10H2,1H3,(H,17,19). The van der Waals surface area contributed by atoms with E-state index in [0.717, 1.165) is 19.6 Å². The zero-order chi connectivity index (χ0) is 13.7. The summed E-state index contributed by atoms with van der Waals surface area (Å²) in [5.74, 6) is -0.317. The zero-order valence-electron chi connectivity index (χ0n) is 11.2. The van der Waals surface area contributed by atoms with E-state index in [-0.39, 0.29) is 24.3 Å². The molecule has 2 N–H and O–H groups in total. The molecule has 4 nitrogen and oxygen atoms in total. The Bertz CT molecular complexity index is 438. The molecule has 0 saturated carbocycles. The van der Waals surface area contributed by atoms with Gasteiger partial charge in [-0.3, -0.25) is 4.79 Å². The molecule has 1 amide bonds. The summed E-state index contributed by atoms with van der Waals surface area (Å²) in [7, 11) is 2.02. The summed E-state index contributed by atoms with van der Waals surface area (Å²) in [6.07, 6.45) is 0.442. The number of amides is 1. The smallest absolute Gasteiger partial charge is 0.221 e. The van der Waals surface area contributed by atoms with Gasteiger partial charge in [0.15, 0.2) is 0 Å². The first-order valence-electron chi connectivity index (χ1n) is 6.58. The van der Waals surface area contributed by atoms with Gasteiger partial charge in [0.25, 0.3) is 0 Å². The Morgan fingerprint density at radius 3 is 3.05 bits per heavy atom. The van der Waals surface area contributed by atoms with Crippen molar-refractivity contribution >= 4 is 5.91 Å². The highest BCUT2D eigenvalue weighted by Gasteiger charge is 2.21. The van der Waals surface area contributed by atoms with Crippen molar-refractivity contribution in [2.24, 2.45) is 0 Å². The van der Waals surface area contributed by atoms with Crippen molar-refractivity contribution in [1.29, 1.82) is 0 Å². The maximum Gasteiger partial charge on any atom is 0.221 e. The molecule has 5 heteroatoms. The number of halogens is 1. The fourth-order valence-electron chi connectivity index (χ4n) is 2.21. The zero-order valence-corrected chi connectivity index (χ0v) is 11.2. The third-order valence-corrected chi connectivity index (χ3v) is 3.50. The molecule has 0 bridgehead atoms. The van der Waals surface area contributed by atoms with Crippen LogP contribution < -0.4 is 10.6 Å². The van der Waals surface area contributed by atoms with E-state index in [9.17, 15) is 9.18 Å². The fourth-order valence-corrected chi connectivity index (χ4v) is 2.21. The lowest BCUT2D eigenvalue weighted by atomic mass is 10.1. The number of rotatable bonds is 4. The van der Waals surface area contributed by atoms with Gasteiger partial charge in [-0.25, -0.2) is 4.39 Å². The average Bonchev–Trinajstić information content (AvgIpc) is 2.40. The average molecular weight is 265 g/mol. The van der Waals surface area contributed by atoms with Crippen LogP contribution in [0, 0.1) is 5.82 Å². The molecule has 19 heavy (non-hydrogen) atoms. The highest BCUT2D eigenvalue weighted by molar-refractivity contribution is 5.76. The van der Waals surface area contributed by atoms with E-state index >= 15 is 0 Å². The minimum Gasteiger partial charge on any atom is -0.352 e. The first-order valence-corrected chi connectivity index (χ1v) is 6.58. The number of hydrogen-bond acceptors (Lipinski definition) is 3. The van der Waals surface area contributed by atoms with Gasteiger partial charge in [0.05, 0.1) is 0 Å². The van der Waals surface area contributed by atoms with Gasteiger partial charge < -0.3 is 15.5 Å². The van der Waals surface area contributed by atoms with Crippen molar-refractivity contribution in [3.8, 4) is 0 Å². The first-order chi connectivity index (χ1) is 9.16. The lowest BCUT2D eigenvalue weighted by Gasteiger charge is -2.32. The van der Waals surface area contributed by atoms with Crippen LogP contribution in [0.1, 0.15) is 12.0 Å². The van der Waals surface area contributed by atoms with Crippen LogP contribution in [0.25, 0.3) is 0 Å². The van der Waals surface area contributed by atoms with Crippen LogP contribution in [0.4, 0.5) is 4.39 Å². The normalized spacial score (nSPS) is 20.2. The molecule has 1 fully saturated rings. The van der Waals surface area contributed by atoms with Gasteiger partial charge in [0.1, 0.15) is 5.82 Å². The molecule has 0 radical (unpaired) electrons. The third kappa shape index (κ3) is 4.01. The number of hydrogen-bond donors (Lipinski definition) is 2. The largest absolute Gasteiger partial charge is 0.352 e. The Balaban J connectivity index is 1.80. The SMILES string of the molecule is CN1CCNCC1CC(=O)NCc1ccccc1F. The quantitative estimate of drug-likeness (QED) is 0.844. The number of benzene rings is 1.